The van der Waals surface area contributed by atoms with Crippen molar-refractivity contribution in [2.24, 2.45) is 0 Å². The number of likely N-dealkylation sites (N-methyl/N-ethyl adjacent to an activating group) is 1. The van der Waals surface area contributed by atoms with Gasteiger partial charge in [0.25, 0.3) is 5.91 Å². The molecule has 7 heteroatoms. The summed E-state index contributed by atoms with van der Waals surface area (Å²) in [4.78, 5) is 12.0. The molecule has 20 heavy (non-hydrogen) atoms. The third-order valence-corrected chi connectivity index (χ3v) is 3.41. The molecule has 0 aliphatic carbocycles. The minimum atomic E-state index is -3.22. The van der Waals surface area contributed by atoms with Crippen LogP contribution in [0.1, 0.15) is 15.9 Å². The molecule has 3 N–H and O–H groups in total. The second-order valence-corrected chi connectivity index (χ2v) is 6.27. The Bertz CT molecular complexity index is 544. The number of hydrogen-bond donors (Lipinski definition) is 3. The lowest BCUT2D eigenvalue weighted by molar-refractivity contribution is 0.0953. The molecule has 0 spiro atoms. The van der Waals surface area contributed by atoms with E-state index in [0.29, 0.717) is 5.56 Å². The molecule has 1 rings (SSSR count). The van der Waals surface area contributed by atoms with Gasteiger partial charge < -0.3 is 10.6 Å². The highest BCUT2D eigenvalue weighted by Gasteiger charge is 2.10. The van der Waals surface area contributed by atoms with Crippen molar-refractivity contribution >= 4 is 15.9 Å². The fourth-order valence-corrected chi connectivity index (χ4v) is 2.20. The molecular weight excluding hydrogens is 278 g/mol. The zero-order chi connectivity index (χ0) is 15.0. The standard InChI is InChI=1S/C13H21N3O3S/c1-14-8-7-11-5-3-4-6-12(11)13(17)15-9-10-16-20(2,18)19/h3-6,14,16H,7-10H2,1-2H3,(H,15,17). The molecule has 0 saturated heterocycles. The molecule has 0 saturated carbocycles. The summed E-state index contributed by atoms with van der Waals surface area (Å²) in [5, 5.41) is 5.74. The molecule has 6 nitrogen and oxygen atoms in total. The number of carbonyl (C=O) groups is 1. The summed E-state index contributed by atoms with van der Waals surface area (Å²) in [6.45, 7) is 1.23. The minimum Gasteiger partial charge on any atom is -0.351 e. The van der Waals surface area contributed by atoms with Crippen molar-refractivity contribution in [1.82, 2.24) is 15.4 Å². The lowest BCUT2D eigenvalue weighted by atomic mass is 10.0. The first-order valence-electron chi connectivity index (χ1n) is 6.39. The SMILES string of the molecule is CNCCc1ccccc1C(=O)NCCNS(C)(=O)=O. The van der Waals surface area contributed by atoms with E-state index >= 15 is 0 Å². The zero-order valence-corrected chi connectivity index (χ0v) is 12.6. The maximum atomic E-state index is 12.0. The molecule has 1 aromatic carbocycles. The van der Waals surface area contributed by atoms with Crippen molar-refractivity contribution in [2.75, 3.05) is 32.9 Å². The van der Waals surface area contributed by atoms with Gasteiger partial charge in [0.1, 0.15) is 0 Å². The molecule has 0 fully saturated rings. The molecule has 1 amide bonds. The summed E-state index contributed by atoms with van der Waals surface area (Å²) in [5.74, 6) is -0.188. The average molecular weight is 299 g/mol. The molecule has 0 bridgehead atoms. The van der Waals surface area contributed by atoms with Crippen LogP contribution in [0.25, 0.3) is 0 Å². The first-order valence-corrected chi connectivity index (χ1v) is 8.28. The van der Waals surface area contributed by atoms with Crippen molar-refractivity contribution < 1.29 is 13.2 Å². The van der Waals surface area contributed by atoms with Gasteiger partial charge in [-0.05, 0) is 31.6 Å². The number of sulfonamides is 1. The Balaban J connectivity index is 2.54. The summed E-state index contributed by atoms with van der Waals surface area (Å²) < 4.78 is 24.1. The fraction of sp³-hybridized carbons (Fsp3) is 0.462. The zero-order valence-electron chi connectivity index (χ0n) is 11.8. The summed E-state index contributed by atoms with van der Waals surface area (Å²) in [6, 6.07) is 7.39. The quantitative estimate of drug-likeness (QED) is 0.577. The van der Waals surface area contributed by atoms with Gasteiger partial charge >= 0.3 is 0 Å². The summed E-state index contributed by atoms with van der Waals surface area (Å²) in [7, 11) is -1.36. The van der Waals surface area contributed by atoms with Crippen molar-refractivity contribution in [3.8, 4) is 0 Å². The average Bonchev–Trinajstić information content (AvgIpc) is 2.40. The Morgan fingerprint density at radius 1 is 1.15 bits per heavy atom. The summed E-state index contributed by atoms with van der Waals surface area (Å²) in [5.41, 5.74) is 1.59. The van der Waals surface area contributed by atoms with Crippen LogP contribution in [-0.4, -0.2) is 47.3 Å². The van der Waals surface area contributed by atoms with Crippen molar-refractivity contribution in [2.45, 2.75) is 6.42 Å². The van der Waals surface area contributed by atoms with Crippen LogP contribution in [0.4, 0.5) is 0 Å². The van der Waals surface area contributed by atoms with Gasteiger partial charge in [-0.15, -0.1) is 0 Å². The van der Waals surface area contributed by atoms with E-state index in [-0.39, 0.29) is 19.0 Å². The molecule has 0 aliphatic rings. The van der Waals surface area contributed by atoms with Crippen LogP contribution in [-0.2, 0) is 16.4 Å². The highest BCUT2D eigenvalue weighted by atomic mass is 32.2. The van der Waals surface area contributed by atoms with E-state index < -0.39 is 10.0 Å². The lowest BCUT2D eigenvalue weighted by Gasteiger charge is -2.10. The number of amides is 1. The van der Waals surface area contributed by atoms with E-state index in [1.165, 1.54) is 0 Å². The van der Waals surface area contributed by atoms with Gasteiger partial charge in [-0.3, -0.25) is 4.79 Å². The van der Waals surface area contributed by atoms with E-state index in [1.807, 2.05) is 25.2 Å². The molecule has 0 atom stereocenters. The van der Waals surface area contributed by atoms with Gasteiger partial charge in [-0.1, -0.05) is 18.2 Å². The normalized spacial score (nSPS) is 11.3. The minimum absolute atomic E-state index is 0.184. The predicted molar refractivity (Wildman–Crippen MR) is 79.3 cm³/mol. The van der Waals surface area contributed by atoms with E-state index in [2.05, 4.69) is 15.4 Å². The van der Waals surface area contributed by atoms with Crippen LogP contribution in [0.5, 0.6) is 0 Å². The van der Waals surface area contributed by atoms with Gasteiger partial charge in [-0.2, -0.15) is 0 Å². The van der Waals surface area contributed by atoms with Crippen LogP contribution < -0.4 is 15.4 Å². The van der Waals surface area contributed by atoms with Gasteiger partial charge in [0.2, 0.25) is 10.0 Å². The van der Waals surface area contributed by atoms with Crippen molar-refractivity contribution in [3.05, 3.63) is 35.4 Å². The van der Waals surface area contributed by atoms with Crippen LogP contribution >= 0.6 is 0 Å². The lowest BCUT2D eigenvalue weighted by Crippen LogP contribution is -2.34. The fourth-order valence-electron chi connectivity index (χ4n) is 1.73. The Labute approximate surface area is 120 Å². The highest BCUT2D eigenvalue weighted by molar-refractivity contribution is 7.88. The number of benzene rings is 1. The van der Waals surface area contributed by atoms with Crippen LogP contribution in [0.3, 0.4) is 0 Å². The Hall–Kier alpha value is -1.44. The molecule has 0 heterocycles. The van der Waals surface area contributed by atoms with Crippen LogP contribution in [0.15, 0.2) is 24.3 Å². The van der Waals surface area contributed by atoms with Crippen LogP contribution in [0.2, 0.25) is 0 Å². The monoisotopic (exact) mass is 299 g/mol. The van der Waals surface area contributed by atoms with E-state index in [0.717, 1.165) is 24.8 Å². The largest absolute Gasteiger partial charge is 0.351 e. The number of carbonyl (C=O) groups excluding carboxylic acids is 1. The Kier molecular flexibility index (Phi) is 6.63. The molecule has 1 aromatic rings. The number of nitrogens with one attached hydrogen (secondary N) is 3. The maximum absolute atomic E-state index is 12.0. The van der Waals surface area contributed by atoms with Gasteiger partial charge in [0.15, 0.2) is 0 Å². The van der Waals surface area contributed by atoms with Crippen molar-refractivity contribution in [1.29, 1.82) is 0 Å². The summed E-state index contributed by atoms with van der Waals surface area (Å²) >= 11 is 0. The smallest absolute Gasteiger partial charge is 0.251 e. The molecule has 0 radical (unpaired) electrons. The van der Waals surface area contributed by atoms with Gasteiger partial charge in [0, 0.05) is 18.7 Å². The third-order valence-electron chi connectivity index (χ3n) is 2.68. The molecular formula is C13H21N3O3S. The number of hydrogen-bond acceptors (Lipinski definition) is 4. The Morgan fingerprint density at radius 2 is 1.85 bits per heavy atom. The molecule has 0 unspecified atom stereocenters. The van der Waals surface area contributed by atoms with E-state index in [9.17, 15) is 13.2 Å². The predicted octanol–water partition coefficient (Wildman–Crippen LogP) is -0.272. The van der Waals surface area contributed by atoms with Crippen LogP contribution in [0, 0.1) is 0 Å². The number of rotatable bonds is 8. The molecule has 112 valence electrons. The molecule has 0 aromatic heterocycles. The topological polar surface area (TPSA) is 87.3 Å². The highest BCUT2D eigenvalue weighted by Crippen LogP contribution is 2.09. The Morgan fingerprint density at radius 3 is 2.50 bits per heavy atom. The first-order chi connectivity index (χ1) is 9.44. The van der Waals surface area contributed by atoms with E-state index in [1.54, 1.807) is 6.07 Å². The second kappa shape index (κ2) is 7.98. The second-order valence-electron chi connectivity index (χ2n) is 4.43. The van der Waals surface area contributed by atoms with Gasteiger partial charge in [-0.25, -0.2) is 13.1 Å². The van der Waals surface area contributed by atoms with Gasteiger partial charge in [0.05, 0.1) is 6.26 Å². The van der Waals surface area contributed by atoms with Crippen molar-refractivity contribution in [3.63, 3.8) is 0 Å². The summed E-state index contributed by atoms with van der Waals surface area (Å²) in [6.07, 6.45) is 1.85. The third kappa shape index (κ3) is 6.14. The molecule has 0 aliphatic heterocycles. The maximum Gasteiger partial charge on any atom is 0.251 e. The van der Waals surface area contributed by atoms with E-state index in [4.69, 9.17) is 0 Å². The first kappa shape index (κ1) is 16.6.